The first-order chi connectivity index (χ1) is 11.1. The quantitative estimate of drug-likeness (QED) is 0.847. The van der Waals surface area contributed by atoms with E-state index in [1.807, 2.05) is 32.0 Å². The number of rotatable bonds is 1. The average Bonchev–Trinajstić information content (AvgIpc) is 2.86. The summed E-state index contributed by atoms with van der Waals surface area (Å²) in [5, 5.41) is 13.8. The van der Waals surface area contributed by atoms with Crippen LogP contribution in [0.1, 0.15) is 18.2 Å². The number of aliphatic hydroxyl groups is 1. The summed E-state index contributed by atoms with van der Waals surface area (Å²) in [4.78, 5) is 4.25. The molecule has 1 unspecified atom stereocenters. The molecule has 1 aromatic heterocycles. The van der Waals surface area contributed by atoms with E-state index in [2.05, 4.69) is 10.5 Å². The fraction of sp³-hybridized carbons (Fsp3) is 0.235. The number of para-hydroxylation sites is 1. The second kappa shape index (κ2) is 4.96. The van der Waals surface area contributed by atoms with Gasteiger partial charge >= 0.3 is 0 Å². The molecule has 4 rings (SSSR count). The molecule has 1 aromatic carbocycles. The second-order valence-corrected chi connectivity index (χ2v) is 5.99. The summed E-state index contributed by atoms with van der Waals surface area (Å²) in [6, 6.07) is 8.79. The molecule has 6 heteroatoms. The maximum absolute atomic E-state index is 14.3. The fourth-order valence-electron chi connectivity index (χ4n) is 3.20. The van der Waals surface area contributed by atoms with Crippen LogP contribution in [0.2, 0.25) is 0 Å². The van der Waals surface area contributed by atoms with Gasteiger partial charge in [0.2, 0.25) is 5.88 Å². The number of hydrogen-bond donors (Lipinski definition) is 2. The van der Waals surface area contributed by atoms with Gasteiger partial charge in [-0.25, -0.2) is 9.40 Å². The molecule has 0 saturated carbocycles. The minimum atomic E-state index is -0.309. The van der Waals surface area contributed by atoms with Gasteiger partial charge in [0.1, 0.15) is 11.5 Å². The Bertz CT molecular complexity index is 803. The number of aryl methyl sites for hydroxylation is 1. The number of aromatic nitrogens is 1. The van der Waals surface area contributed by atoms with Crippen LogP contribution in [0.25, 0.3) is 0 Å². The Labute approximate surface area is 133 Å². The monoisotopic (exact) mass is 312 g/mol. The Morgan fingerprint density at radius 2 is 2.09 bits per heavy atom. The average molecular weight is 312 g/mol. The van der Waals surface area contributed by atoms with Crippen LogP contribution in [-0.4, -0.2) is 10.1 Å². The molecule has 0 bridgehead atoms. The van der Waals surface area contributed by atoms with Gasteiger partial charge in [-0.15, -0.1) is 5.53 Å². The number of anilines is 2. The molecule has 1 atom stereocenters. The summed E-state index contributed by atoms with van der Waals surface area (Å²) in [5.41, 5.74) is 6.71. The molecule has 2 aromatic rings. The fourth-order valence-corrected chi connectivity index (χ4v) is 3.20. The summed E-state index contributed by atoms with van der Waals surface area (Å²) >= 11 is 0. The number of nitrogens with zero attached hydrogens (tertiary/aromatic N) is 3. The van der Waals surface area contributed by atoms with Gasteiger partial charge in [-0.05, 0) is 37.1 Å². The predicted octanol–water partition coefficient (Wildman–Crippen LogP) is 3.19. The van der Waals surface area contributed by atoms with Gasteiger partial charge in [0.25, 0.3) is 0 Å². The minimum Gasteiger partial charge on any atom is -0.492 e. The largest absolute Gasteiger partial charge is 0.492 e. The van der Waals surface area contributed by atoms with Crippen molar-refractivity contribution in [1.29, 1.82) is 0 Å². The number of benzene rings is 1. The zero-order chi connectivity index (χ0) is 16.1. The van der Waals surface area contributed by atoms with Gasteiger partial charge in [-0.3, -0.25) is 9.99 Å². The van der Waals surface area contributed by atoms with E-state index in [4.69, 9.17) is 0 Å². The van der Waals surface area contributed by atoms with Crippen molar-refractivity contribution in [1.82, 2.24) is 10.5 Å². The molecule has 2 aliphatic rings. The number of hydrazine groups is 2. The normalized spacial score (nSPS) is 19.9. The molecule has 0 amide bonds. The molecule has 2 aliphatic heterocycles. The van der Waals surface area contributed by atoms with E-state index in [1.54, 1.807) is 17.3 Å². The second-order valence-electron chi connectivity index (χ2n) is 5.99. The number of pyridine rings is 1. The maximum Gasteiger partial charge on any atom is 0.230 e. The lowest BCUT2D eigenvalue weighted by Gasteiger charge is -2.32. The molecule has 0 spiro atoms. The first kappa shape index (κ1) is 14.0. The van der Waals surface area contributed by atoms with Gasteiger partial charge in [0.05, 0.1) is 17.6 Å². The van der Waals surface area contributed by atoms with Crippen LogP contribution in [0, 0.1) is 18.7 Å². The Kier molecular flexibility index (Phi) is 3.02. The molecule has 23 heavy (non-hydrogen) atoms. The van der Waals surface area contributed by atoms with Crippen molar-refractivity contribution in [3.05, 3.63) is 65.2 Å². The van der Waals surface area contributed by atoms with Crippen LogP contribution < -0.4 is 15.6 Å². The Hall–Kier alpha value is -2.60. The minimum absolute atomic E-state index is 0.0696. The van der Waals surface area contributed by atoms with E-state index >= 15 is 0 Å². The molecular weight excluding hydrogens is 295 g/mol. The lowest BCUT2D eigenvalue weighted by Crippen LogP contribution is -2.44. The predicted molar refractivity (Wildman–Crippen MR) is 86.0 cm³/mol. The van der Waals surface area contributed by atoms with Crippen LogP contribution >= 0.6 is 0 Å². The summed E-state index contributed by atoms with van der Waals surface area (Å²) < 4.78 is 14.3. The van der Waals surface area contributed by atoms with Gasteiger partial charge in [0, 0.05) is 11.6 Å². The zero-order valence-corrected chi connectivity index (χ0v) is 12.9. The summed E-state index contributed by atoms with van der Waals surface area (Å²) in [5.74, 6) is -0.159. The highest BCUT2D eigenvalue weighted by Gasteiger charge is 2.39. The van der Waals surface area contributed by atoms with E-state index in [1.165, 1.54) is 11.1 Å². The van der Waals surface area contributed by atoms with Crippen LogP contribution in [-0.2, 0) is 6.42 Å². The van der Waals surface area contributed by atoms with Gasteiger partial charge < -0.3 is 5.11 Å². The highest BCUT2D eigenvalue weighted by molar-refractivity contribution is 5.66. The van der Waals surface area contributed by atoms with Crippen molar-refractivity contribution < 1.29 is 9.50 Å². The first-order valence-corrected chi connectivity index (χ1v) is 7.56. The van der Waals surface area contributed by atoms with Crippen LogP contribution in [0.15, 0.2) is 48.1 Å². The standard InChI is InChI=1S/C17H17FN4O/c1-10-8-12-4-3-5-14(18)16(12)22-15(10)17(23)21(20-22)13-7-6-11(2)19-9-13/h3-7,9-10,20,23H,8H2,1-2H3. The highest BCUT2D eigenvalue weighted by atomic mass is 19.1. The van der Waals surface area contributed by atoms with Crippen molar-refractivity contribution in [2.45, 2.75) is 20.3 Å². The number of hydrogen-bond acceptors (Lipinski definition) is 5. The van der Waals surface area contributed by atoms with Crippen molar-refractivity contribution >= 4 is 11.4 Å². The Morgan fingerprint density at radius 1 is 1.26 bits per heavy atom. The lowest BCUT2D eigenvalue weighted by atomic mass is 9.92. The molecule has 118 valence electrons. The highest BCUT2D eigenvalue weighted by Crippen LogP contribution is 2.41. The van der Waals surface area contributed by atoms with E-state index in [0.29, 0.717) is 23.5 Å². The third kappa shape index (κ3) is 2.06. The number of nitrogens with one attached hydrogen (secondary N) is 1. The van der Waals surface area contributed by atoms with E-state index in [0.717, 1.165) is 11.3 Å². The number of fused-ring (bicyclic) bond motifs is 3. The van der Waals surface area contributed by atoms with Crippen molar-refractivity contribution in [3.63, 3.8) is 0 Å². The Morgan fingerprint density at radius 3 is 2.83 bits per heavy atom. The summed E-state index contributed by atoms with van der Waals surface area (Å²) in [6.07, 6.45) is 2.36. The molecule has 0 fully saturated rings. The topological polar surface area (TPSA) is 51.6 Å². The lowest BCUT2D eigenvalue weighted by molar-refractivity contribution is 0.382. The van der Waals surface area contributed by atoms with Crippen LogP contribution in [0.4, 0.5) is 15.8 Å². The molecule has 0 aliphatic carbocycles. The number of aliphatic hydroxyl groups excluding tert-OH is 1. The molecule has 3 heterocycles. The van der Waals surface area contributed by atoms with Crippen LogP contribution in [0.5, 0.6) is 0 Å². The molecule has 2 N–H and O–H groups in total. The Balaban J connectivity index is 1.81. The van der Waals surface area contributed by atoms with Crippen LogP contribution in [0.3, 0.4) is 0 Å². The molecule has 0 saturated heterocycles. The molecule has 0 radical (unpaired) electrons. The number of allylic oxidation sites excluding steroid dienone is 1. The first-order valence-electron chi connectivity index (χ1n) is 7.56. The van der Waals surface area contributed by atoms with E-state index in [-0.39, 0.29) is 17.6 Å². The van der Waals surface area contributed by atoms with Crippen molar-refractivity contribution in [2.75, 3.05) is 10.0 Å². The third-order valence-electron chi connectivity index (χ3n) is 4.32. The summed E-state index contributed by atoms with van der Waals surface area (Å²) in [6.45, 7) is 3.92. The smallest absolute Gasteiger partial charge is 0.230 e. The number of halogens is 1. The van der Waals surface area contributed by atoms with Crippen molar-refractivity contribution in [3.8, 4) is 0 Å². The summed E-state index contributed by atoms with van der Waals surface area (Å²) in [7, 11) is 0. The van der Waals surface area contributed by atoms with Gasteiger partial charge in [-0.1, -0.05) is 19.1 Å². The van der Waals surface area contributed by atoms with Gasteiger partial charge in [0.15, 0.2) is 0 Å². The van der Waals surface area contributed by atoms with Crippen molar-refractivity contribution in [2.24, 2.45) is 5.92 Å². The zero-order valence-electron chi connectivity index (χ0n) is 12.9. The maximum atomic E-state index is 14.3. The third-order valence-corrected chi connectivity index (χ3v) is 4.32. The SMILES string of the molecule is Cc1ccc(N2NN3C(=C2O)C(C)Cc2cccc(F)c23)cn1. The van der Waals surface area contributed by atoms with E-state index < -0.39 is 0 Å². The van der Waals surface area contributed by atoms with Gasteiger partial charge in [-0.2, -0.15) is 0 Å². The molecule has 5 nitrogen and oxygen atoms in total. The van der Waals surface area contributed by atoms with E-state index in [9.17, 15) is 9.50 Å². The molecular formula is C17H17FN4O.